The zero-order valence-electron chi connectivity index (χ0n) is 12.7. The molecule has 8 heteroatoms. The highest BCUT2D eigenvalue weighted by molar-refractivity contribution is 5.81. The third-order valence-corrected chi connectivity index (χ3v) is 2.85. The van der Waals surface area contributed by atoms with Gasteiger partial charge in [-0.3, -0.25) is 15.5 Å². The van der Waals surface area contributed by atoms with Crippen molar-refractivity contribution in [1.29, 1.82) is 0 Å². The van der Waals surface area contributed by atoms with Crippen LogP contribution in [-0.4, -0.2) is 29.8 Å². The zero-order valence-corrected chi connectivity index (χ0v) is 12.7. The van der Waals surface area contributed by atoms with E-state index in [0.29, 0.717) is 18.1 Å². The van der Waals surface area contributed by atoms with Gasteiger partial charge in [0.05, 0.1) is 24.9 Å². The minimum atomic E-state index is -0.523. The minimum Gasteiger partial charge on any atom is -0.493 e. The fourth-order valence-electron chi connectivity index (χ4n) is 1.84. The van der Waals surface area contributed by atoms with Crippen LogP contribution in [0.4, 0.5) is 11.5 Å². The number of hydrazone groups is 1. The molecule has 0 radical (unpaired) electrons. The molecule has 0 aliphatic heterocycles. The van der Waals surface area contributed by atoms with Crippen molar-refractivity contribution in [2.75, 3.05) is 19.1 Å². The fourth-order valence-corrected chi connectivity index (χ4v) is 1.84. The van der Waals surface area contributed by atoms with Gasteiger partial charge in [0.25, 0.3) is 0 Å². The molecule has 2 aromatic rings. The lowest BCUT2D eigenvalue weighted by Gasteiger charge is -2.09. The molecule has 23 heavy (non-hydrogen) atoms. The maximum atomic E-state index is 10.9. The van der Waals surface area contributed by atoms with Crippen LogP contribution in [0, 0.1) is 10.1 Å². The van der Waals surface area contributed by atoms with Gasteiger partial charge in [-0.25, -0.2) is 4.98 Å². The first-order valence-corrected chi connectivity index (χ1v) is 6.85. The van der Waals surface area contributed by atoms with E-state index in [1.165, 1.54) is 24.5 Å². The summed E-state index contributed by atoms with van der Waals surface area (Å²) >= 11 is 0. The zero-order chi connectivity index (χ0) is 16.7. The number of methoxy groups -OCH3 is 1. The second-order valence-corrected chi connectivity index (χ2v) is 4.34. The second kappa shape index (κ2) is 7.74. The van der Waals surface area contributed by atoms with Crippen molar-refractivity contribution in [2.45, 2.75) is 6.92 Å². The number of aromatic nitrogens is 1. The molecule has 0 amide bonds. The van der Waals surface area contributed by atoms with Crippen LogP contribution in [0.1, 0.15) is 12.5 Å². The van der Waals surface area contributed by atoms with E-state index >= 15 is 0 Å². The van der Waals surface area contributed by atoms with Crippen LogP contribution >= 0.6 is 0 Å². The van der Waals surface area contributed by atoms with Gasteiger partial charge in [0.2, 0.25) is 5.82 Å². The number of hydrogen-bond acceptors (Lipinski definition) is 7. The van der Waals surface area contributed by atoms with Crippen LogP contribution in [-0.2, 0) is 0 Å². The Morgan fingerprint density at radius 1 is 1.39 bits per heavy atom. The molecule has 0 unspecified atom stereocenters. The van der Waals surface area contributed by atoms with Gasteiger partial charge in [-0.05, 0) is 36.8 Å². The Labute approximate surface area is 132 Å². The second-order valence-electron chi connectivity index (χ2n) is 4.34. The Morgan fingerprint density at radius 3 is 2.91 bits per heavy atom. The smallest absolute Gasteiger partial charge is 0.313 e. The van der Waals surface area contributed by atoms with Gasteiger partial charge >= 0.3 is 5.69 Å². The van der Waals surface area contributed by atoms with E-state index in [0.717, 1.165) is 5.56 Å². The normalized spacial score (nSPS) is 10.5. The highest BCUT2D eigenvalue weighted by atomic mass is 16.6. The van der Waals surface area contributed by atoms with E-state index in [1.54, 1.807) is 25.3 Å². The van der Waals surface area contributed by atoms with Crippen molar-refractivity contribution in [3.05, 3.63) is 52.2 Å². The first-order chi connectivity index (χ1) is 11.2. The molecule has 0 saturated carbocycles. The Hall–Kier alpha value is -3.16. The summed E-state index contributed by atoms with van der Waals surface area (Å²) in [5.74, 6) is 1.30. The molecule has 0 aliphatic rings. The number of nitrogens with zero attached hydrogens (tertiary/aromatic N) is 3. The number of nitrogens with one attached hydrogen (secondary N) is 1. The molecule has 0 atom stereocenters. The van der Waals surface area contributed by atoms with Crippen molar-refractivity contribution in [3.63, 3.8) is 0 Å². The molecule has 1 aromatic heterocycles. The van der Waals surface area contributed by atoms with Crippen LogP contribution in [0.2, 0.25) is 0 Å². The quantitative estimate of drug-likeness (QED) is 0.479. The number of hydrogen-bond donors (Lipinski definition) is 1. The lowest BCUT2D eigenvalue weighted by Crippen LogP contribution is -1.99. The predicted molar refractivity (Wildman–Crippen MR) is 86.3 cm³/mol. The Kier molecular flexibility index (Phi) is 5.45. The summed E-state index contributed by atoms with van der Waals surface area (Å²) in [4.78, 5) is 14.2. The number of benzene rings is 1. The summed E-state index contributed by atoms with van der Waals surface area (Å²) < 4.78 is 10.7. The fraction of sp³-hybridized carbons (Fsp3) is 0.200. The maximum absolute atomic E-state index is 10.9. The van der Waals surface area contributed by atoms with Gasteiger partial charge < -0.3 is 9.47 Å². The summed E-state index contributed by atoms with van der Waals surface area (Å²) in [6.45, 7) is 2.42. The standard InChI is InChI=1S/C15H16N4O4/c1-3-23-13-7-6-11(9-14(13)22-2)10-17-18-15-12(19(20)21)5-4-8-16-15/h4-10H,3H2,1-2H3,(H,16,18)/b17-10-. The van der Waals surface area contributed by atoms with Crippen molar-refractivity contribution in [2.24, 2.45) is 5.10 Å². The molecule has 2 rings (SSSR count). The van der Waals surface area contributed by atoms with E-state index in [-0.39, 0.29) is 11.5 Å². The topological polar surface area (TPSA) is 98.9 Å². The van der Waals surface area contributed by atoms with E-state index in [4.69, 9.17) is 9.47 Å². The summed E-state index contributed by atoms with van der Waals surface area (Å²) in [5, 5.41) is 14.8. The van der Waals surface area contributed by atoms with Crippen molar-refractivity contribution >= 4 is 17.7 Å². The van der Waals surface area contributed by atoms with Crippen LogP contribution in [0.25, 0.3) is 0 Å². The Bertz CT molecular complexity index is 718. The van der Waals surface area contributed by atoms with Crippen LogP contribution < -0.4 is 14.9 Å². The predicted octanol–water partition coefficient (Wildman–Crippen LogP) is 2.84. The molecule has 1 heterocycles. The third-order valence-electron chi connectivity index (χ3n) is 2.85. The minimum absolute atomic E-state index is 0.0756. The average Bonchev–Trinajstić information content (AvgIpc) is 2.56. The molecular formula is C15H16N4O4. The maximum Gasteiger partial charge on any atom is 0.313 e. The van der Waals surface area contributed by atoms with Gasteiger partial charge in [0, 0.05) is 12.3 Å². The molecule has 0 saturated heterocycles. The monoisotopic (exact) mass is 316 g/mol. The summed E-state index contributed by atoms with van der Waals surface area (Å²) in [7, 11) is 1.55. The Balaban J connectivity index is 2.13. The highest BCUT2D eigenvalue weighted by Gasteiger charge is 2.12. The van der Waals surface area contributed by atoms with Crippen LogP contribution in [0.3, 0.4) is 0 Å². The highest BCUT2D eigenvalue weighted by Crippen LogP contribution is 2.27. The molecule has 0 aliphatic carbocycles. The molecule has 0 bridgehead atoms. The molecule has 8 nitrogen and oxygen atoms in total. The van der Waals surface area contributed by atoms with Crippen LogP contribution in [0.15, 0.2) is 41.6 Å². The van der Waals surface area contributed by atoms with Gasteiger partial charge in [-0.15, -0.1) is 0 Å². The molecule has 1 N–H and O–H groups in total. The third kappa shape index (κ3) is 4.16. The molecule has 120 valence electrons. The number of rotatable bonds is 7. The van der Waals surface area contributed by atoms with E-state index in [1.807, 2.05) is 6.92 Å². The van der Waals surface area contributed by atoms with E-state index < -0.39 is 4.92 Å². The summed E-state index contributed by atoms with van der Waals surface area (Å²) in [5.41, 5.74) is 3.17. The van der Waals surface area contributed by atoms with Crippen molar-refractivity contribution < 1.29 is 14.4 Å². The first-order valence-electron chi connectivity index (χ1n) is 6.85. The average molecular weight is 316 g/mol. The van der Waals surface area contributed by atoms with Crippen molar-refractivity contribution in [1.82, 2.24) is 4.98 Å². The Morgan fingerprint density at radius 2 is 2.22 bits per heavy atom. The van der Waals surface area contributed by atoms with E-state index in [9.17, 15) is 10.1 Å². The molecule has 0 fully saturated rings. The number of anilines is 1. The van der Waals surface area contributed by atoms with Gasteiger partial charge in [-0.2, -0.15) is 5.10 Å². The molecule has 0 spiro atoms. The first kappa shape index (κ1) is 16.2. The molecular weight excluding hydrogens is 300 g/mol. The molecule has 1 aromatic carbocycles. The van der Waals surface area contributed by atoms with Gasteiger partial charge in [0.15, 0.2) is 11.5 Å². The SMILES string of the molecule is CCOc1ccc(/C=N\Nc2ncccc2[N+](=O)[O-])cc1OC. The number of ether oxygens (including phenoxy) is 2. The lowest BCUT2D eigenvalue weighted by molar-refractivity contribution is -0.384. The van der Waals surface area contributed by atoms with E-state index in [2.05, 4.69) is 15.5 Å². The number of nitro groups is 1. The van der Waals surface area contributed by atoms with Crippen molar-refractivity contribution in [3.8, 4) is 11.5 Å². The largest absolute Gasteiger partial charge is 0.493 e. The van der Waals surface area contributed by atoms with Crippen LogP contribution in [0.5, 0.6) is 11.5 Å². The summed E-state index contributed by atoms with van der Waals surface area (Å²) in [6, 6.07) is 8.16. The van der Waals surface area contributed by atoms with Gasteiger partial charge in [-0.1, -0.05) is 0 Å². The number of pyridine rings is 1. The van der Waals surface area contributed by atoms with Gasteiger partial charge in [0.1, 0.15) is 0 Å². The summed E-state index contributed by atoms with van der Waals surface area (Å²) in [6.07, 6.45) is 2.96. The lowest BCUT2D eigenvalue weighted by atomic mass is 10.2.